The molecule has 0 saturated carbocycles. The normalized spacial score (nSPS) is 15.7. The number of likely N-dealkylation sites (tertiary alicyclic amines) is 1. The van der Waals surface area contributed by atoms with E-state index in [0.717, 1.165) is 36.3 Å². The van der Waals surface area contributed by atoms with Crippen molar-refractivity contribution in [2.45, 2.75) is 38.3 Å². The highest BCUT2D eigenvalue weighted by atomic mass is 16.5. The van der Waals surface area contributed by atoms with Crippen molar-refractivity contribution in [1.29, 1.82) is 0 Å². The lowest BCUT2D eigenvalue weighted by molar-refractivity contribution is -0.128. The number of carbonyl (C=O) groups excluding carboxylic acids is 2. The summed E-state index contributed by atoms with van der Waals surface area (Å²) in [6.45, 7) is 3.26. The molecule has 1 aliphatic rings. The van der Waals surface area contributed by atoms with Gasteiger partial charge in [-0.3, -0.25) is 4.79 Å². The third-order valence-corrected chi connectivity index (χ3v) is 5.31. The van der Waals surface area contributed by atoms with Gasteiger partial charge in [0.25, 0.3) is 0 Å². The van der Waals surface area contributed by atoms with E-state index in [9.17, 15) is 9.59 Å². The molecule has 0 aromatic heterocycles. The summed E-state index contributed by atoms with van der Waals surface area (Å²) >= 11 is 0. The van der Waals surface area contributed by atoms with Crippen LogP contribution in [0.15, 0.2) is 54.6 Å². The number of ether oxygens (including phenoxy) is 1. The number of hydrogen-bond acceptors (Lipinski definition) is 3. The van der Waals surface area contributed by atoms with Gasteiger partial charge in [0.2, 0.25) is 5.91 Å². The molecule has 0 bridgehead atoms. The number of benzene rings is 2. The molecule has 154 valence electrons. The van der Waals surface area contributed by atoms with Crippen LogP contribution in [0, 0.1) is 0 Å². The third-order valence-electron chi connectivity index (χ3n) is 5.31. The minimum atomic E-state index is -0.258. The van der Waals surface area contributed by atoms with E-state index in [-0.39, 0.29) is 24.0 Å². The number of amides is 3. The van der Waals surface area contributed by atoms with Gasteiger partial charge in [0, 0.05) is 19.5 Å². The molecule has 0 spiro atoms. The molecule has 1 aliphatic heterocycles. The summed E-state index contributed by atoms with van der Waals surface area (Å²) in [5.74, 6) is 0.935. The van der Waals surface area contributed by atoms with Gasteiger partial charge in [-0.25, -0.2) is 4.79 Å². The van der Waals surface area contributed by atoms with Crippen LogP contribution in [-0.4, -0.2) is 37.0 Å². The van der Waals surface area contributed by atoms with E-state index in [2.05, 4.69) is 10.6 Å². The Morgan fingerprint density at radius 3 is 2.28 bits per heavy atom. The molecule has 2 atom stereocenters. The molecule has 1 saturated heterocycles. The Kier molecular flexibility index (Phi) is 7.11. The lowest BCUT2D eigenvalue weighted by atomic mass is 10.0. The van der Waals surface area contributed by atoms with E-state index in [1.165, 1.54) is 0 Å². The van der Waals surface area contributed by atoms with Crippen LogP contribution in [-0.2, 0) is 4.79 Å². The third kappa shape index (κ3) is 5.50. The Labute approximate surface area is 172 Å². The quantitative estimate of drug-likeness (QED) is 0.714. The molecule has 0 aliphatic carbocycles. The molecule has 2 N–H and O–H groups in total. The summed E-state index contributed by atoms with van der Waals surface area (Å²) < 4.78 is 5.21. The number of hydrogen-bond donors (Lipinski definition) is 2. The number of nitrogens with one attached hydrogen (secondary N) is 2. The minimum absolute atomic E-state index is 0.106. The lowest BCUT2D eigenvalue weighted by Gasteiger charge is -2.26. The average Bonchev–Trinajstić information content (AvgIpc) is 3.16. The van der Waals surface area contributed by atoms with Crippen LogP contribution in [0.25, 0.3) is 0 Å². The summed E-state index contributed by atoms with van der Waals surface area (Å²) in [4.78, 5) is 26.7. The van der Waals surface area contributed by atoms with Crippen LogP contribution in [0.4, 0.5) is 4.79 Å². The first-order chi connectivity index (χ1) is 14.1. The summed E-state index contributed by atoms with van der Waals surface area (Å²) in [6, 6.07) is 16.9. The second-order valence-corrected chi connectivity index (χ2v) is 7.26. The van der Waals surface area contributed by atoms with Crippen LogP contribution >= 0.6 is 0 Å². The van der Waals surface area contributed by atoms with Crippen molar-refractivity contribution in [3.63, 3.8) is 0 Å². The molecule has 2 aromatic rings. The number of rotatable bonds is 8. The average molecular weight is 396 g/mol. The van der Waals surface area contributed by atoms with Gasteiger partial charge in [0.1, 0.15) is 5.75 Å². The van der Waals surface area contributed by atoms with Gasteiger partial charge < -0.3 is 20.3 Å². The van der Waals surface area contributed by atoms with Crippen molar-refractivity contribution >= 4 is 11.9 Å². The molecular weight excluding hydrogens is 366 g/mol. The first kappa shape index (κ1) is 20.7. The SMILES string of the molecule is CCC(NC(=O)NC(CN1CCCC1=O)c1ccccc1)c1ccc(OC)cc1. The Balaban J connectivity index is 1.68. The van der Waals surface area contributed by atoms with Crippen LogP contribution in [0.3, 0.4) is 0 Å². The van der Waals surface area contributed by atoms with Crippen LogP contribution in [0.2, 0.25) is 0 Å². The maximum Gasteiger partial charge on any atom is 0.315 e. The molecule has 2 unspecified atom stereocenters. The molecule has 1 fully saturated rings. The van der Waals surface area contributed by atoms with Gasteiger partial charge in [-0.15, -0.1) is 0 Å². The Morgan fingerprint density at radius 2 is 1.69 bits per heavy atom. The number of nitrogens with zero attached hydrogens (tertiary/aromatic N) is 1. The largest absolute Gasteiger partial charge is 0.497 e. The van der Waals surface area contributed by atoms with Crippen LogP contribution in [0.5, 0.6) is 5.75 Å². The summed E-state index contributed by atoms with van der Waals surface area (Å²) in [7, 11) is 1.63. The maximum absolute atomic E-state index is 12.8. The Bertz CT molecular complexity index is 808. The molecule has 29 heavy (non-hydrogen) atoms. The van der Waals surface area contributed by atoms with Gasteiger partial charge in [0.15, 0.2) is 0 Å². The topological polar surface area (TPSA) is 70.7 Å². The number of methoxy groups -OCH3 is 1. The Morgan fingerprint density at radius 1 is 1.03 bits per heavy atom. The number of carbonyl (C=O) groups is 2. The zero-order valence-electron chi connectivity index (χ0n) is 17.1. The molecule has 2 aromatic carbocycles. The highest BCUT2D eigenvalue weighted by molar-refractivity contribution is 5.78. The molecule has 6 nitrogen and oxygen atoms in total. The second-order valence-electron chi connectivity index (χ2n) is 7.26. The first-order valence-electron chi connectivity index (χ1n) is 10.1. The van der Waals surface area contributed by atoms with Gasteiger partial charge in [-0.2, -0.15) is 0 Å². The first-order valence-corrected chi connectivity index (χ1v) is 10.1. The standard InChI is InChI=1S/C23H29N3O3/c1-3-20(18-11-13-19(29-2)14-12-18)24-23(28)25-21(17-8-5-4-6-9-17)16-26-15-7-10-22(26)27/h4-6,8-9,11-14,20-21H,3,7,10,15-16H2,1-2H3,(H2,24,25,28). The van der Waals surface area contributed by atoms with Crippen LogP contribution < -0.4 is 15.4 Å². The van der Waals surface area contributed by atoms with Crippen molar-refractivity contribution < 1.29 is 14.3 Å². The van der Waals surface area contributed by atoms with Gasteiger partial charge in [-0.05, 0) is 36.1 Å². The number of urea groups is 1. The zero-order valence-corrected chi connectivity index (χ0v) is 17.1. The van der Waals surface area contributed by atoms with E-state index in [0.29, 0.717) is 13.0 Å². The maximum atomic E-state index is 12.8. The van der Waals surface area contributed by atoms with Crippen molar-refractivity contribution in [3.8, 4) is 5.75 Å². The molecular formula is C23H29N3O3. The summed E-state index contributed by atoms with van der Waals surface area (Å²) in [6.07, 6.45) is 2.23. The smallest absolute Gasteiger partial charge is 0.315 e. The molecule has 1 heterocycles. The van der Waals surface area contributed by atoms with Gasteiger partial charge >= 0.3 is 6.03 Å². The van der Waals surface area contributed by atoms with Gasteiger partial charge in [0.05, 0.1) is 19.2 Å². The lowest BCUT2D eigenvalue weighted by Crippen LogP contribution is -2.44. The highest BCUT2D eigenvalue weighted by Crippen LogP contribution is 2.21. The zero-order chi connectivity index (χ0) is 20.6. The highest BCUT2D eigenvalue weighted by Gasteiger charge is 2.25. The van der Waals surface area contributed by atoms with E-state index in [1.807, 2.05) is 66.4 Å². The fraction of sp³-hybridized carbons (Fsp3) is 0.391. The van der Waals surface area contributed by atoms with E-state index >= 15 is 0 Å². The summed E-state index contributed by atoms with van der Waals surface area (Å²) in [5, 5.41) is 6.13. The van der Waals surface area contributed by atoms with Gasteiger partial charge in [-0.1, -0.05) is 49.4 Å². The molecule has 0 radical (unpaired) electrons. The molecule has 3 rings (SSSR count). The monoisotopic (exact) mass is 395 g/mol. The fourth-order valence-electron chi connectivity index (χ4n) is 3.65. The summed E-state index contributed by atoms with van der Waals surface area (Å²) in [5.41, 5.74) is 2.01. The van der Waals surface area contributed by atoms with Crippen LogP contribution in [0.1, 0.15) is 49.4 Å². The second kappa shape index (κ2) is 9.96. The molecule has 3 amide bonds. The fourth-order valence-corrected chi connectivity index (χ4v) is 3.65. The van der Waals surface area contributed by atoms with Crippen molar-refractivity contribution in [2.24, 2.45) is 0 Å². The van der Waals surface area contributed by atoms with E-state index < -0.39 is 0 Å². The van der Waals surface area contributed by atoms with Crippen molar-refractivity contribution in [2.75, 3.05) is 20.2 Å². The molecule has 6 heteroatoms. The minimum Gasteiger partial charge on any atom is -0.497 e. The van der Waals surface area contributed by atoms with Crippen molar-refractivity contribution in [3.05, 3.63) is 65.7 Å². The predicted octanol–water partition coefficient (Wildman–Crippen LogP) is 3.81. The predicted molar refractivity (Wildman–Crippen MR) is 113 cm³/mol. The van der Waals surface area contributed by atoms with E-state index in [4.69, 9.17) is 4.74 Å². The van der Waals surface area contributed by atoms with E-state index in [1.54, 1.807) is 7.11 Å². The Hall–Kier alpha value is -3.02. The van der Waals surface area contributed by atoms with Crippen molar-refractivity contribution in [1.82, 2.24) is 15.5 Å².